The predicted octanol–water partition coefficient (Wildman–Crippen LogP) is 5.83. The van der Waals surface area contributed by atoms with Crippen LogP contribution in [0.2, 0.25) is 5.02 Å². The Morgan fingerprint density at radius 2 is 2.00 bits per heavy atom. The van der Waals surface area contributed by atoms with Gasteiger partial charge in [0.05, 0.1) is 11.4 Å². The molecule has 1 aliphatic heterocycles. The van der Waals surface area contributed by atoms with Gasteiger partial charge >= 0.3 is 0 Å². The average molecular weight is 393 g/mol. The van der Waals surface area contributed by atoms with Crippen molar-refractivity contribution in [2.24, 2.45) is 16.8 Å². The van der Waals surface area contributed by atoms with E-state index in [1.54, 1.807) is 0 Å². The third-order valence-corrected chi connectivity index (χ3v) is 6.39. The predicted molar refractivity (Wildman–Crippen MR) is 111 cm³/mol. The number of benzodiazepines with no additional fused rings is 1. The van der Waals surface area contributed by atoms with Gasteiger partial charge in [0.2, 0.25) is 5.91 Å². The zero-order valence-corrected chi connectivity index (χ0v) is 17.1. The second-order valence-electron chi connectivity index (χ2n) is 7.79. The van der Waals surface area contributed by atoms with Gasteiger partial charge in [-0.3, -0.25) is 9.79 Å². The number of hydrogen-bond acceptors (Lipinski definition) is 2. The number of anilines is 1. The minimum atomic E-state index is -0.893. The van der Waals surface area contributed by atoms with E-state index in [9.17, 15) is 9.18 Å². The maximum Gasteiger partial charge on any atom is 0.248 e. The highest BCUT2D eigenvalue weighted by molar-refractivity contribution is 6.31. The Morgan fingerprint density at radius 1 is 1.26 bits per heavy atom. The molecule has 5 heteroatoms. The first kappa shape index (κ1) is 20.3. The van der Waals surface area contributed by atoms with Crippen LogP contribution in [-0.4, -0.2) is 30.9 Å². The van der Waals surface area contributed by atoms with Crippen LogP contribution in [-0.2, 0) is 4.79 Å². The Balaban J connectivity index is 1.95. The summed E-state index contributed by atoms with van der Waals surface area (Å²) < 4.78 is 14.7. The summed E-state index contributed by atoms with van der Waals surface area (Å²) in [5.74, 6) is 0.360. The number of aliphatic imine (C=N–C) groups is 1. The van der Waals surface area contributed by atoms with Crippen molar-refractivity contribution in [3.8, 4) is 0 Å². The minimum Gasteiger partial charge on any atom is -0.310 e. The lowest BCUT2D eigenvalue weighted by atomic mass is 9.81. The van der Waals surface area contributed by atoms with E-state index >= 15 is 0 Å². The number of halogens is 2. The number of fused-ring (bicyclic) bond motifs is 1. The molecule has 0 radical (unpaired) electrons. The Bertz CT molecular complexity index is 702. The van der Waals surface area contributed by atoms with Crippen LogP contribution >= 0.6 is 11.6 Å². The van der Waals surface area contributed by atoms with E-state index in [0.29, 0.717) is 23.9 Å². The Morgan fingerprint density at radius 3 is 2.70 bits per heavy atom. The van der Waals surface area contributed by atoms with Crippen molar-refractivity contribution in [2.45, 2.75) is 65.0 Å². The van der Waals surface area contributed by atoms with Gasteiger partial charge in [-0.25, -0.2) is 4.39 Å². The van der Waals surface area contributed by atoms with Crippen LogP contribution in [0.15, 0.2) is 23.2 Å². The number of nitrogens with zero attached hydrogens (tertiary/aromatic N) is 2. The van der Waals surface area contributed by atoms with Crippen molar-refractivity contribution >= 4 is 28.9 Å². The lowest BCUT2D eigenvalue weighted by Gasteiger charge is -2.29. The van der Waals surface area contributed by atoms with Gasteiger partial charge in [0.25, 0.3) is 0 Å². The first-order chi connectivity index (χ1) is 13.0. The summed E-state index contributed by atoms with van der Waals surface area (Å²) >= 11 is 6.27. The second-order valence-corrected chi connectivity index (χ2v) is 8.22. The van der Waals surface area contributed by atoms with Crippen LogP contribution in [0.5, 0.6) is 0 Å². The molecule has 27 heavy (non-hydrogen) atoms. The van der Waals surface area contributed by atoms with E-state index in [1.807, 2.05) is 23.1 Å². The minimum absolute atomic E-state index is 0.00857. The van der Waals surface area contributed by atoms with E-state index in [1.165, 1.54) is 0 Å². The Labute approximate surface area is 167 Å². The van der Waals surface area contributed by atoms with Gasteiger partial charge in [0.1, 0.15) is 12.7 Å². The number of benzene rings is 1. The first-order valence-corrected chi connectivity index (χ1v) is 10.7. The lowest BCUT2D eigenvalue weighted by Crippen LogP contribution is -2.34. The van der Waals surface area contributed by atoms with Crippen molar-refractivity contribution < 1.29 is 9.18 Å². The third-order valence-electron chi connectivity index (χ3n) is 6.16. The molecular formula is C22H30ClFN2O. The fourth-order valence-electron chi connectivity index (χ4n) is 4.37. The molecule has 0 N–H and O–H groups in total. The zero-order valence-electron chi connectivity index (χ0n) is 16.4. The van der Waals surface area contributed by atoms with Crippen molar-refractivity contribution in [1.29, 1.82) is 0 Å². The molecule has 1 heterocycles. The SMILES string of the molecule is CCC(CC)CCN1C(=O)CN=C(C2CCCCC2F)c2cc(Cl)ccc21. The monoisotopic (exact) mass is 392 g/mol. The fourth-order valence-corrected chi connectivity index (χ4v) is 4.54. The molecule has 3 rings (SSSR count). The summed E-state index contributed by atoms with van der Waals surface area (Å²) in [7, 11) is 0. The van der Waals surface area contributed by atoms with Gasteiger partial charge in [-0.1, -0.05) is 51.1 Å². The quantitative estimate of drug-likeness (QED) is 0.599. The smallest absolute Gasteiger partial charge is 0.248 e. The molecular weight excluding hydrogens is 363 g/mol. The van der Waals surface area contributed by atoms with Crippen LogP contribution in [0, 0.1) is 11.8 Å². The first-order valence-electron chi connectivity index (χ1n) is 10.3. The van der Waals surface area contributed by atoms with Crippen molar-refractivity contribution in [1.82, 2.24) is 0 Å². The van der Waals surface area contributed by atoms with Gasteiger partial charge in [-0.15, -0.1) is 0 Å². The summed E-state index contributed by atoms with van der Waals surface area (Å²) in [4.78, 5) is 19.3. The summed E-state index contributed by atoms with van der Waals surface area (Å²) in [5, 5.41) is 0.599. The van der Waals surface area contributed by atoms with E-state index in [4.69, 9.17) is 11.6 Å². The highest BCUT2D eigenvalue weighted by atomic mass is 35.5. The molecule has 1 aliphatic carbocycles. The van der Waals surface area contributed by atoms with E-state index in [0.717, 1.165) is 55.5 Å². The summed E-state index contributed by atoms with van der Waals surface area (Å²) in [6, 6.07) is 5.58. The molecule has 148 valence electrons. The van der Waals surface area contributed by atoms with Gasteiger partial charge in [0, 0.05) is 23.0 Å². The summed E-state index contributed by atoms with van der Waals surface area (Å²) in [5.41, 5.74) is 2.41. The Kier molecular flexibility index (Phi) is 6.91. The molecule has 1 aromatic carbocycles. The molecule has 2 aliphatic rings. The molecule has 1 fully saturated rings. The van der Waals surface area contributed by atoms with Gasteiger partial charge in [0.15, 0.2) is 0 Å². The topological polar surface area (TPSA) is 32.7 Å². The molecule has 0 bridgehead atoms. The number of alkyl halides is 1. The van der Waals surface area contributed by atoms with Crippen molar-refractivity contribution in [2.75, 3.05) is 18.0 Å². The number of carbonyl (C=O) groups excluding carboxylic acids is 1. The number of carbonyl (C=O) groups is 1. The van der Waals surface area contributed by atoms with Crippen LogP contribution < -0.4 is 4.90 Å². The van der Waals surface area contributed by atoms with Crippen LogP contribution in [0.1, 0.15) is 64.4 Å². The zero-order chi connectivity index (χ0) is 19.4. The second kappa shape index (κ2) is 9.18. The molecule has 0 aromatic heterocycles. The van der Waals surface area contributed by atoms with Crippen LogP contribution in [0.4, 0.5) is 10.1 Å². The van der Waals surface area contributed by atoms with Crippen molar-refractivity contribution in [3.05, 3.63) is 28.8 Å². The van der Waals surface area contributed by atoms with Crippen LogP contribution in [0.25, 0.3) is 0 Å². The molecule has 1 aromatic rings. The van der Waals surface area contributed by atoms with Gasteiger partial charge in [-0.2, -0.15) is 0 Å². The number of rotatable bonds is 6. The molecule has 0 spiro atoms. The number of amides is 1. The molecule has 1 saturated carbocycles. The van der Waals surface area contributed by atoms with E-state index in [2.05, 4.69) is 18.8 Å². The van der Waals surface area contributed by atoms with Crippen LogP contribution in [0.3, 0.4) is 0 Å². The fraction of sp³-hybridized carbons (Fsp3) is 0.636. The number of hydrogen-bond donors (Lipinski definition) is 0. The van der Waals surface area contributed by atoms with E-state index < -0.39 is 6.17 Å². The highest BCUT2D eigenvalue weighted by Crippen LogP contribution is 2.36. The van der Waals surface area contributed by atoms with Gasteiger partial charge in [-0.05, 0) is 43.4 Å². The molecule has 3 nitrogen and oxygen atoms in total. The highest BCUT2D eigenvalue weighted by Gasteiger charge is 2.34. The third kappa shape index (κ3) is 4.53. The maximum absolute atomic E-state index is 14.7. The molecule has 1 amide bonds. The standard InChI is InChI=1S/C22H30ClFN2O/c1-3-15(4-2)11-12-26-20-10-9-16(23)13-18(20)22(25-14-21(26)27)17-7-5-6-8-19(17)24/h9-10,13,15,17,19H,3-8,11-12,14H2,1-2H3. The van der Waals surface area contributed by atoms with E-state index in [-0.39, 0.29) is 18.4 Å². The normalized spacial score (nSPS) is 23.2. The largest absolute Gasteiger partial charge is 0.310 e. The maximum atomic E-state index is 14.7. The van der Waals surface area contributed by atoms with Gasteiger partial charge < -0.3 is 4.90 Å². The Hall–Kier alpha value is -1.42. The average Bonchev–Trinajstić information content (AvgIpc) is 2.80. The molecule has 2 unspecified atom stereocenters. The summed E-state index contributed by atoms with van der Waals surface area (Å²) in [6.07, 6.45) is 5.58. The molecule has 0 saturated heterocycles. The lowest BCUT2D eigenvalue weighted by molar-refractivity contribution is -0.117. The molecule has 2 atom stereocenters. The van der Waals surface area contributed by atoms with Crippen molar-refractivity contribution in [3.63, 3.8) is 0 Å². The summed E-state index contributed by atoms with van der Waals surface area (Å²) in [6.45, 7) is 5.15.